The van der Waals surface area contributed by atoms with Crippen molar-refractivity contribution in [3.05, 3.63) is 129 Å². The molecule has 0 spiro atoms. The first-order valence-electron chi connectivity index (χ1n) is 12.9. The molecule has 0 bridgehead atoms. The molecule has 6 aromatic rings. The molecule has 4 aromatic carbocycles. The van der Waals surface area contributed by atoms with Gasteiger partial charge in [-0.3, -0.25) is 0 Å². The van der Waals surface area contributed by atoms with E-state index in [1.54, 1.807) is 30.9 Å². The Morgan fingerprint density at radius 1 is 0.619 bits per heavy atom. The number of rotatable bonds is 6. The van der Waals surface area contributed by atoms with Gasteiger partial charge in [0.05, 0.1) is 60.1 Å². The summed E-state index contributed by atoms with van der Waals surface area (Å²) < 4.78 is 15.7. The predicted octanol–water partition coefficient (Wildman–Crippen LogP) is 7.27. The van der Waals surface area contributed by atoms with Crippen molar-refractivity contribution in [2.24, 2.45) is 0 Å². The normalized spacial score (nSPS) is 10.8. The van der Waals surface area contributed by atoms with E-state index < -0.39 is 0 Å². The van der Waals surface area contributed by atoms with Gasteiger partial charge in [0.15, 0.2) is 0 Å². The molecule has 0 N–H and O–H groups in total. The molecule has 2 heterocycles. The van der Waals surface area contributed by atoms with E-state index >= 15 is 0 Å². The highest BCUT2D eigenvalue weighted by Gasteiger charge is 2.11. The lowest BCUT2D eigenvalue weighted by atomic mass is 10.2. The first-order valence-corrected chi connectivity index (χ1v) is 14.5. The van der Waals surface area contributed by atoms with E-state index in [4.69, 9.17) is 9.47 Å². The molecule has 0 aliphatic carbocycles. The molecule has 0 atom stereocenters. The second-order valence-electron chi connectivity index (χ2n) is 9.39. The molecule has 0 radical (unpaired) electrons. The number of carbonyl (C=O) groups is 2. The molecule has 0 saturated heterocycles. The molecule has 212 valence electrons. The topological polar surface area (TPSA) is 88.2 Å². The van der Waals surface area contributed by atoms with Crippen LogP contribution >= 0.6 is 31.9 Å². The number of hydrogen-bond acceptors (Lipinski definition) is 6. The molecule has 10 heteroatoms. The van der Waals surface area contributed by atoms with E-state index in [1.807, 2.05) is 47.0 Å². The third kappa shape index (κ3) is 6.78. The lowest BCUT2D eigenvalue weighted by Crippen LogP contribution is -2.02. The fourth-order valence-corrected chi connectivity index (χ4v) is 4.96. The van der Waals surface area contributed by atoms with Crippen LogP contribution in [0.25, 0.3) is 22.1 Å². The Balaban J connectivity index is 0.000000168. The average molecular weight is 690 g/mol. The molecule has 0 aliphatic rings. The van der Waals surface area contributed by atoms with Gasteiger partial charge in [0.1, 0.15) is 0 Å². The van der Waals surface area contributed by atoms with E-state index in [9.17, 15) is 9.59 Å². The van der Waals surface area contributed by atoms with Gasteiger partial charge >= 0.3 is 11.9 Å². The van der Waals surface area contributed by atoms with Crippen LogP contribution in [0.4, 0.5) is 0 Å². The average Bonchev–Trinajstić information content (AvgIpc) is 3.61. The summed E-state index contributed by atoms with van der Waals surface area (Å²) in [4.78, 5) is 31.9. The molecule has 0 unspecified atom stereocenters. The minimum absolute atomic E-state index is 0.340. The van der Waals surface area contributed by atoms with Crippen molar-refractivity contribution in [1.29, 1.82) is 0 Å². The lowest BCUT2D eigenvalue weighted by molar-refractivity contribution is 0.0592. The van der Waals surface area contributed by atoms with Gasteiger partial charge in [0.2, 0.25) is 0 Å². The number of fused-ring (bicyclic) bond motifs is 2. The summed E-state index contributed by atoms with van der Waals surface area (Å²) in [6, 6.07) is 27.1. The van der Waals surface area contributed by atoms with Gasteiger partial charge in [-0.2, -0.15) is 0 Å². The molecule has 0 saturated carbocycles. The van der Waals surface area contributed by atoms with Gasteiger partial charge < -0.3 is 18.6 Å². The molecule has 8 nitrogen and oxygen atoms in total. The summed E-state index contributed by atoms with van der Waals surface area (Å²) in [6.07, 6.45) is 3.57. The Kier molecular flexibility index (Phi) is 9.14. The van der Waals surface area contributed by atoms with E-state index in [2.05, 4.69) is 70.7 Å². The molecule has 0 aliphatic heterocycles. The fraction of sp³-hybridized carbons (Fsp3) is 0.125. The molecule has 2 aromatic heterocycles. The SMILES string of the molecule is COC(=O)c1ccc2c(c1)ncn2Cc1ccc(Br)cc1.COC(=O)c1ccc2ncn(Cc3ccc(Br)cc3)c2c1. The summed E-state index contributed by atoms with van der Waals surface area (Å²) in [5.74, 6) is -0.687. The van der Waals surface area contributed by atoms with Crippen LogP contribution in [0.2, 0.25) is 0 Å². The number of esters is 2. The largest absolute Gasteiger partial charge is 0.465 e. The van der Waals surface area contributed by atoms with Crippen LogP contribution in [0.1, 0.15) is 31.8 Å². The number of aromatic nitrogens is 4. The van der Waals surface area contributed by atoms with E-state index in [0.29, 0.717) is 17.7 Å². The maximum Gasteiger partial charge on any atom is 0.337 e. The van der Waals surface area contributed by atoms with Gasteiger partial charge in [0.25, 0.3) is 0 Å². The Labute approximate surface area is 259 Å². The van der Waals surface area contributed by atoms with Gasteiger partial charge in [-0.05, 0) is 71.8 Å². The van der Waals surface area contributed by atoms with Crippen LogP contribution in [0, 0.1) is 0 Å². The molecule has 42 heavy (non-hydrogen) atoms. The van der Waals surface area contributed by atoms with Crippen LogP contribution in [0.15, 0.2) is 107 Å². The minimum Gasteiger partial charge on any atom is -0.465 e. The second kappa shape index (κ2) is 13.1. The van der Waals surface area contributed by atoms with Crippen molar-refractivity contribution in [2.45, 2.75) is 13.1 Å². The maximum atomic E-state index is 11.6. The maximum absolute atomic E-state index is 11.6. The van der Waals surface area contributed by atoms with E-state index in [0.717, 1.165) is 37.6 Å². The van der Waals surface area contributed by atoms with Crippen LogP contribution in [0.5, 0.6) is 0 Å². The van der Waals surface area contributed by atoms with E-state index in [-0.39, 0.29) is 11.9 Å². The summed E-state index contributed by atoms with van der Waals surface area (Å²) in [6.45, 7) is 1.44. The first kappa shape index (κ1) is 29.2. The summed E-state index contributed by atoms with van der Waals surface area (Å²) in [5, 5.41) is 0. The molecule has 0 amide bonds. The number of hydrogen-bond donors (Lipinski definition) is 0. The van der Waals surface area contributed by atoms with Crippen molar-refractivity contribution in [3.63, 3.8) is 0 Å². The third-order valence-corrected chi connectivity index (χ3v) is 7.67. The summed E-state index contributed by atoms with van der Waals surface area (Å²) >= 11 is 6.85. The highest BCUT2D eigenvalue weighted by Crippen LogP contribution is 2.20. The monoisotopic (exact) mass is 688 g/mol. The number of halogens is 2. The van der Waals surface area contributed by atoms with Crippen LogP contribution in [-0.2, 0) is 22.6 Å². The van der Waals surface area contributed by atoms with Gasteiger partial charge in [0, 0.05) is 22.0 Å². The lowest BCUT2D eigenvalue weighted by Gasteiger charge is -2.06. The number of carbonyl (C=O) groups excluding carboxylic acids is 2. The molecule has 0 fully saturated rings. The zero-order valence-electron chi connectivity index (χ0n) is 22.8. The summed E-state index contributed by atoms with van der Waals surface area (Å²) in [5.41, 5.74) is 6.96. The standard InChI is InChI=1S/2C16H13BrN2O2/c1-21-16(20)12-4-7-15-14(8-12)18-10-19(15)9-11-2-5-13(17)6-3-11;1-21-16(20)12-4-7-14-15(8-12)19(10-18-14)9-11-2-5-13(17)6-3-11/h2*2-8,10H,9H2,1H3. The van der Waals surface area contributed by atoms with Gasteiger partial charge in [-0.25, -0.2) is 19.6 Å². The van der Waals surface area contributed by atoms with Crippen molar-refractivity contribution in [1.82, 2.24) is 19.1 Å². The number of methoxy groups -OCH3 is 2. The quantitative estimate of drug-likeness (QED) is 0.171. The number of nitrogens with zero attached hydrogens (tertiary/aromatic N) is 4. The van der Waals surface area contributed by atoms with Crippen molar-refractivity contribution >= 4 is 65.9 Å². The predicted molar refractivity (Wildman–Crippen MR) is 169 cm³/mol. The highest BCUT2D eigenvalue weighted by molar-refractivity contribution is 9.10. The number of benzene rings is 4. The smallest absolute Gasteiger partial charge is 0.337 e. The molecular formula is C32H26Br2N4O4. The zero-order chi connectivity index (χ0) is 29.6. The molecular weight excluding hydrogens is 664 g/mol. The van der Waals surface area contributed by atoms with Crippen molar-refractivity contribution < 1.29 is 19.1 Å². The Hall–Kier alpha value is -4.28. The number of imidazole rings is 2. The van der Waals surface area contributed by atoms with Crippen molar-refractivity contribution in [2.75, 3.05) is 14.2 Å². The Bertz CT molecular complexity index is 1860. The first-order chi connectivity index (χ1) is 20.3. The fourth-order valence-electron chi connectivity index (χ4n) is 4.44. The van der Waals surface area contributed by atoms with Crippen molar-refractivity contribution in [3.8, 4) is 0 Å². The highest BCUT2D eigenvalue weighted by atomic mass is 79.9. The Morgan fingerprint density at radius 3 is 1.64 bits per heavy atom. The Morgan fingerprint density at radius 2 is 1.10 bits per heavy atom. The van der Waals surface area contributed by atoms with Crippen LogP contribution < -0.4 is 0 Å². The van der Waals surface area contributed by atoms with Crippen LogP contribution in [-0.4, -0.2) is 45.3 Å². The van der Waals surface area contributed by atoms with E-state index in [1.165, 1.54) is 25.3 Å². The van der Waals surface area contributed by atoms with Crippen LogP contribution in [0.3, 0.4) is 0 Å². The minimum atomic E-state index is -0.348. The molecule has 6 rings (SSSR count). The second-order valence-corrected chi connectivity index (χ2v) is 11.2. The number of ether oxygens (including phenoxy) is 2. The zero-order valence-corrected chi connectivity index (χ0v) is 26.0. The summed E-state index contributed by atoms with van der Waals surface area (Å²) in [7, 11) is 2.75. The van der Waals surface area contributed by atoms with Gasteiger partial charge in [-0.1, -0.05) is 56.1 Å². The van der Waals surface area contributed by atoms with Gasteiger partial charge in [-0.15, -0.1) is 0 Å². The third-order valence-electron chi connectivity index (χ3n) is 6.62.